The van der Waals surface area contributed by atoms with E-state index >= 15 is 0 Å². The van der Waals surface area contributed by atoms with E-state index in [-0.39, 0.29) is 102 Å². The number of nitrogens with two attached hydrogens (primary N) is 6. The highest BCUT2D eigenvalue weighted by atomic mass is 16.2. The van der Waals surface area contributed by atoms with Gasteiger partial charge in [-0.3, -0.25) is 53.1 Å². The highest BCUT2D eigenvalue weighted by molar-refractivity contribution is 5.99. The van der Waals surface area contributed by atoms with Crippen LogP contribution in [0.1, 0.15) is 88.7 Å². The Labute approximate surface area is 440 Å². The van der Waals surface area contributed by atoms with Crippen molar-refractivity contribution in [2.75, 3.05) is 26.2 Å². The highest BCUT2D eigenvalue weighted by Crippen LogP contribution is 2.20. The lowest BCUT2D eigenvalue weighted by Crippen LogP contribution is -2.60. The maximum atomic E-state index is 14.7. The first-order valence-electron chi connectivity index (χ1n) is 25.4. The molecule has 26 nitrogen and oxygen atoms in total. The second-order valence-corrected chi connectivity index (χ2v) is 18.5. The predicted octanol–water partition coefficient (Wildman–Crippen LogP) is -3.22. The third-order valence-electron chi connectivity index (χ3n) is 12.4. The van der Waals surface area contributed by atoms with E-state index in [1.807, 2.05) is 24.3 Å². The summed E-state index contributed by atoms with van der Waals surface area (Å²) >= 11 is 0. The summed E-state index contributed by atoms with van der Waals surface area (Å²) in [5.74, 6) is -7.44. The number of nitrogens with one attached hydrogen (secondary N) is 9. The minimum atomic E-state index is -1.61. The number of nitrogens with zero attached hydrogens (tertiary/aromatic N) is 2. The molecule has 1 aliphatic heterocycles. The fourth-order valence-corrected chi connectivity index (χ4v) is 8.43. The van der Waals surface area contributed by atoms with Crippen molar-refractivity contribution >= 4 is 76.0 Å². The number of amides is 9. The number of primary amides is 1. The van der Waals surface area contributed by atoms with E-state index in [9.17, 15) is 43.2 Å². The molecule has 414 valence electrons. The van der Waals surface area contributed by atoms with E-state index in [1.165, 1.54) is 6.92 Å². The molecular formula is C50H75N17O9. The Morgan fingerprint density at radius 1 is 0.671 bits per heavy atom. The van der Waals surface area contributed by atoms with Gasteiger partial charge in [0.05, 0.1) is 6.42 Å². The van der Waals surface area contributed by atoms with Crippen molar-refractivity contribution in [3.8, 4) is 0 Å². The van der Waals surface area contributed by atoms with Gasteiger partial charge in [-0.05, 0) is 87.9 Å². The topological polar surface area (TPSA) is 446 Å². The largest absolute Gasteiger partial charge is 0.370 e. The average molecular weight is 1060 g/mol. The zero-order valence-electron chi connectivity index (χ0n) is 42.9. The molecule has 0 saturated carbocycles. The summed E-state index contributed by atoms with van der Waals surface area (Å²) in [5.41, 5.74) is 35.7. The number of para-hydroxylation sites is 1. The molecule has 76 heavy (non-hydrogen) atoms. The molecule has 1 aromatic heterocycles. The molecule has 2 aromatic carbocycles. The number of aliphatic imine (C=N–C) groups is 2. The van der Waals surface area contributed by atoms with Crippen LogP contribution in [-0.4, -0.2) is 139 Å². The molecule has 1 fully saturated rings. The Hall–Kier alpha value is -8.29. The molecule has 0 bridgehead atoms. The van der Waals surface area contributed by atoms with Crippen LogP contribution < -0.4 is 76.9 Å². The molecule has 21 N–H and O–H groups in total. The maximum Gasteiger partial charge on any atom is 0.243 e. The van der Waals surface area contributed by atoms with E-state index in [0.29, 0.717) is 24.0 Å². The molecule has 2 heterocycles. The molecule has 0 spiro atoms. The van der Waals surface area contributed by atoms with E-state index in [4.69, 9.17) is 34.4 Å². The second-order valence-electron chi connectivity index (χ2n) is 18.5. The van der Waals surface area contributed by atoms with Gasteiger partial charge < -0.3 is 81.9 Å². The van der Waals surface area contributed by atoms with Crippen LogP contribution in [0.3, 0.4) is 0 Å². The van der Waals surface area contributed by atoms with Gasteiger partial charge in [0.1, 0.15) is 42.3 Å². The number of benzene rings is 2. The van der Waals surface area contributed by atoms with Crippen molar-refractivity contribution in [1.82, 2.24) is 47.5 Å². The molecule has 9 amide bonds. The molecule has 1 saturated heterocycles. The van der Waals surface area contributed by atoms with Crippen molar-refractivity contribution in [2.45, 2.75) is 133 Å². The first kappa shape index (κ1) is 60.3. The van der Waals surface area contributed by atoms with Crippen LogP contribution in [0.2, 0.25) is 0 Å². The number of hydrogen-bond donors (Lipinski definition) is 15. The highest BCUT2D eigenvalue weighted by Gasteiger charge is 2.35. The minimum absolute atomic E-state index is 0.00260. The first-order chi connectivity index (χ1) is 36.3. The van der Waals surface area contributed by atoms with Crippen LogP contribution in [0.25, 0.3) is 10.9 Å². The van der Waals surface area contributed by atoms with Crippen LogP contribution in [0.5, 0.6) is 0 Å². The maximum absolute atomic E-state index is 14.7. The average Bonchev–Trinajstić information content (AvgIpc) is 3.78. The zero-order chi connectivity index (χ0) is 55.6. The number of aromatic nitrogens is 1. The Morgan fingerprint density at radius 2 is 1.25 bits per heavy atom. The van der Waals surface area contributed by atoms with Gasteiger partial charge in [0.15, 0.2) is 11.9 Å². The SMILES string of the molecule is CC(=O)N[C@@H](CCCN=C(N)N)C(=O)N[C@H]1CC(=O)NCCCC[C@@H](C(N)=O)NC(=O)[C@H](Cc2c[nH]c3ccccc23)NC(=O)[C@H](CCCN=C(N)N)NC(=O)[C@@H](Cc2ccccc2)NC(=O)[C@@H](CCCCN)NC1=O. The van der Waals surface area contributed by atoms with Crippen LogP contribution >= 0.6 is 0 Å². The van der Waals surface area contributed by atoms with Gasteiger partial charge in [0, 0.05) is 56.5 Å². The number of carbonyl (C=O) groups excluding carboxylic acids is 9. The van der Waals surface area contributed by atoms with Gasteiger partial charge in [-0.2, -0.15) is 0 Å². The number of rotatable bonds is 20. The van der Waals surface area contributed by atoms with Gasteiger partial charge in [0.2, 0.25) is 53.2 Å². The van der Waals surface area contributed by atoms with Crippen molar-refractivity contribution in [1.29, 1.82) is 0 Å². The van der Waals surface area contributed by atoms with Crippen LogP contribution in [0.15, 0.2) is 70.8 Å². The van der Waals surface area contributed by atoms with E-state index < -0.39 is 102 Å². The lowest BCUT2D eigenvalue weighted by molar-refractivity contribution is -0.136. The van der Waals surface area contributed by atoms with E-state index in [1.54, 1.807) is 36.5 Å². The Bertz CT molecular complexity index is 2510. The third kappa shape index (κ3) is 20.9. The lowest BCUT2D eigenvalue weighted by Gasteiger charge is -2.28. The summed E-state index contributed by atoms with van der Waals surface area (Å²) in [5, 5.41) is 22.2. The number of guanidine groups is 2. The Balaban J connectivity index is 1.78. The second kappa shape index (κ2) is 31.4. The third-order valence-corrected chi connectivity index (χ3v) is 12.4. The summed E-state index contributed by atoms with van der Waals surface area (Å²) in [6.07, 6.45) is 2.60. The number of aromatic amines is 1. The molecule has 4 rings (SSSR count). The Kier molecular flexibility index (Phi) is 24.9. The van der Waals surface area contributed by atoms with Crippen molar-refractivity contribution in [3.63, 3.8) is 0 Å². The van der Waals surface area contributed by atoms with E-state index in [2.05, 4.69) is 57.5 Å². The zero-order valence-corrected chi connectivity index (χ0v) is 42.9. The van der Waals surface area contributed by atoms with Crippen molar-refractivity contribution in [2.24, 2.45) is 44.4 Å². The summed E-state index contributed by atoms with van der Waals surface area (Å²) in [6, 6.07) is 6.55. The van der Waals surface area contributed by atoms with Gasteiger partial charge >= 0.3 is 0 Å². The summed E-state index contributed by atoms with van der Waals surface area (Å²) < 4.78 is 0. The normalized spacial score (nSPS) is 21.0. The first-order valence-corrected chi connectivity index (χ1v) is 25.4. The number of fused-ring (bicyclic) bond motifs is 1. The Morgan fingerprint density at radius 3 is 1.89 bits per heavy atom. The fourth-order valence-electron chi connectivity index (χ4n) is 8.43. The molecule has 26 heteroatoms. The fraction of sp³-hybridized carbons (Fsp3) is 0.500. The van der Waals surface area contributed by atoms with Gasteiger partial charge in [-0.15, -0.1) is 0 Å². The number of carbonyl (C=O) groups is 9. The standard InChI is InChI=1S/C50H75N17O9/c1-29(68)61-35(19-11-23-58-49(53)54)43(71)67-40-27-41(69)57-22-10-8-17-34(42(52)70)62-47(75)39(26-31-28-60-33-16-6-5-15-32(31)33)66-45(73)37(20-12-24-59-50(55)56)64-46(74)38(25-30-13-3-2-4-14-30)65-44(72)36(63-48(40)76)18-7-9-21-51/h2-6,13-16,28,34-40,60H,7-12,17-27,51H2,1H3,(H2,52,70)(H,57,69)(H,61,68)(H,62,75)(H,63,76)(H,64,74)(H,65,72)(H,66,73)(H,67,71)(H4,53,54,58)(H4,55,56,59)/t34-,35-,36+,37-,38+,39-,40-/m0/s1. The summed E-state index contributed by atoms with van der Waals surface area (Å²) in [7, 11) is 0. The van der Waals surface area contributed by atoms with Gasteiger partial charge in [-0.1, -0.05) is 48.5 Å². The van der Waals surface area contributed by atoms with E-state index in [0.717, 1.165) is 10.9 Å². The van der Waals surface area contributed by atoms with Crippen molar-refractivity contribution < 1.29 is 43.2 Å². The minimum Gasteiger partial charge on any atom is -0.370 e. The number of unbranched alkanes of at least 4 members (excludes halogenated alkanes) is 1. The van der Waals surface area contributed by atoms with Gasteiger partial charge in [-0.25, -0.2) is 0 Å². The molecule has 7 atom stereocenters. The predicted molar refractivity (Wildman–Crippen MR) is 285 cm³/mol. The van der Waals surface area contributed by atoms with Crippen molar-refractivity contribution in [3.05, 3.63) is 71.9 Å². The monoisotopic (exact) mass is 1060 g/mol. The summed E-state index contributed by atoms with van der Waals surface area (Å²) in [6.45, 7) is 1.65. The van der Waals surface area contributed by atoms with Gasteiger partial charge in [0.25, 0.3) is 0 Å². The van der Waals surface area contributed by atoms with Crippen LogP contribution in [0, 0.1) is 0 Å². The molecule has 0 aliphatic carbocycles. The van der Waals surface area contributed by atoms with Crippen LogP contribution in [-0.2, 0) is 56.0 Å². The summed E-state index contributed by atoms with van der Waals surface area (Å²) in [4.78, 5) is 136. The molecule has 0 unspecified atom stereocenters. The lowest BCUT2D eigenvalue weighted by atomic mass is 10.0. The molecule has 1 aliphatic rings. The van der Waals surface area contributed by atoms with Crippen LogP contribution in [0.4, 0.5) is 0 Å². The number of H-pyrrole nitrogens is 1. The quantitative estimate of drug-likeness (QED) is 0.0301. The molecule has 3 aromatic rings. The number of hydrogen-bond acceptors (Lipinski definition) is 12. The molecule has 0 radical (unpaired) electrons. The molecular weight excluding hydrogens is 983 g/mol. The smallest absolute Gasteiger partial charge is 0.243 e.